The summed E-state index contributed by atoms with van der Waals surface area (Å²) in [6.45, 7) is 0.333. The molecule has 3 rings (SSSR count). The van der Waals surface area contributed by atoms with E-state index in [1.54, 1.807) is 0 Å². The second kappa shape index (κ2) is 4.72. The number of para-hydroxylation sites is 2. The number of carbonyl (C=O) groups is 2. The van der Waals surface area contributed by atoms with Gasteiger partial charge < -0.3 is 15.6 Å². The molecule has 3 N–H and O–H groups in total. The maximum Gasteiger partial charge on any atom is 0.242 e. The zero-order valence-electron chi connectivity index (χ0n) is 10.3. The number of fused-ring (bicyclic) bond motifs is 1. The number of nitrogens with zero attached hydrogens (tertiary/aromatic N) is 1. The summed E-state index contributed by atoms with van der Waals surface area (Å²) < 4.78 is 0. The molecule has 19 heavy (non-hydrogen) atoms. The average Bonchev–Trinajstić information content (AvgIpc) is 3.01. The number of carbonyl (C=O) groups excluding carboxylic acids is 2. The number of nitrogens with one attached hydrogen (secondary N) is 3. The van der Waals surface area contributed by atoms with Crippen LogP contribution in [0.25, 0.3) is 11.0 Å². The van der Waals surface area contributed by atoms with Gasteiger partial charge in [0.1, 0.15) is 11.9 Å². The molecule has 2 amide bonds. The van der Waals surface area contributed by atoms with E-state index in [9.17, 15) is 9.59 Å². The van der Waals surface area contributed by atoms with Crippen LogP contribution in [0.1, 0.15) is 18.7 Å². The maximum atomic E-state index is 11.8. The summed E-state index contributed by atoms with van der Waals surface area (Å²) >= 11 is 0. The van der Waals surface area contributed by atoms with Crippen molar-refractivity contribution in [2.75, 3.05) is 0 Å². The molecule has 2 heterocycles. The van der Waals surface area contributed by atoms with Crippen molar-refractivity contribution in [2.24, 2.45) is 0 Å². The Morgan fingerprint density at radius 3 is 3.00 bits per heavy atom. The Morgan fingerprint density at radius 2 is 2.26 bits per heavy atom. The van der Waals surface area contributed by atoms with Crippen molar-refractivity contribution in [1.82, 2.24) is 20.6 Å². The maximum absolute atomic E-state index is 11.8. The minimum absolute atomic E-state index is 0.0658. The minimum Gasteiger partial charge on any atom is -0.347 e. The van der Waals surface area contributed by atoms with Gasteiger partial charge in [0.05, 0.1) is 17.6 Å². The fraction of sp³-hybridized carbons (Fsp3) is 0.308. The highest BCUT2D eigenvalue weighted by atomic mass is 16.2. The molecular weight excluding hydrogens is 244 g/mol. The summed E-state index contributed by atoms with van der Waals surface area (Å²) in [5, 5.41) is 5.41. The van der Waals surface area contributed by atoms with Crippen LogP contribution in [0.4, 0.5) is 0 Å². The predicted octanol–water partition coefficient (Wildman–Crippen LogP) is 0.458. The molecule has 0 spiro atoms. The highest BCUT2D eigenvalue weighted by Crippen LogP contribution is 2.10. The first kappa shape index (κ1) is 11.7. The number of hydrogen-bond donors (Lipinski definition) is 3. The molecule has 1 unspecified atom stereocenters. The lowest BCUT2D eigenvalue weighted by molar-refractivity contribution is -0.125. The molecule has 1 atom stereocenters. The van der Waals surface area contributed by atoms with Gasteiger partial charge in [0.25, 0.3) is 0 Å². The normalized spacial score (nSPS) is 18.5. The molecule has 0 radical (unpaired) electrons. The molecule has 1 fully saturated rings. The molecule has 0 aliphatic carbocycles. The van der Waals surface area contributed by atoms with Gasteiger partial charge in [-0.1, -0.05) is 12.1 Å². The zero-order chi connectivity index (χ0) is 13.2. The van der Waals surface area contributed by atoms with Crippen LogP contribution < -0.4 is 10.6 Å². The molecule has 6 nitrogen and oxygen atoms in total. The first-order chi connectivity index (χ1) is 9.22. The van der Waals surface area contributed by atoms with Gasteiger partial charge in [-0.25, -0.2) is 4.98 Å². The summed E-state index contributed by atoms with van der Waals surface area (Å²) in [5.74, 6) is 0.481. The van der Waals surface area contributed by atoms with Crippen LogP contribution >= 0.6 is 0 Å². The summed E-state index contributed by atoms with van der Waals surface area (Å²) in [6, 6.07) is 7.28. The summed E-state index contributed by atoms with van der Waals surface area (Å²) in [7, 11) is 0. The molecule has 2 aromatic rings. The predicted molar refractivity (Wildman–Crippen MR) is 69.1 cm³/mol. The number of imidazole rings is 1. The van der Waals surface area contributed by atoms with E-state index in [1.807, 2.05) is 24.3 Å². The largest absolute Gasteiger partial charge is 0.347 e. The van der Waals surface area contributed by atoms with Crippen LogP contribution in [0.3, 0.4) is 0 Å². The number of aromatic nitrogens is 2. The van der Waals surface area contributed by atoms with Gasteiger partial charge in [-0.05, 0) is 18.6 Å². The van der Waals surface area contributed by atoms with Crippen molar-refractivity contribution in [2.45, 2.75) is 25.4 Å². The third-order valence-corrected chi connectivity index (χ3v) is 3.18. The molecule has 1 aromatic carbocycles. The van der Waals surface area contributed by atoms with E-state index in [2.05, 4.69) is 20.6 Å². The lowest BCUT2D eigenvalue weighted by Crippen LogP contribution is -2.41. The van der Waals surface area contributed by atoms with E-state index in [-0.39, 0.29) is 11.8 Å². The van der Waals surface area contributed by atoms with Crippen LogP contribution in [0.2, 0.25) is 0 Å². The summed E-state index contributed by atoms with van der Waals surface area (Å²) in [4.78, 5) is 30.4. The Morgan fingerprint density at radius 1 is 1.42 bits per heavy atom. The van der Waals surface area contributed by atoms with E-state index in [0.717, 1.165) is 11.0 Å². The first-order valence-electron chi connectivity index (χ1n) is 6.23. The average molecular weight is 258 g/mol. The van der Waals surface area contributed by atoms with Gasteiger partial charge in [0.15, 0.2) is 0 Å². The Bertz CT molecular complexity index is 601. The Kier molecular flexibility index (Phi) is 2.91. The molecule has 0 saturated carbocycles. The second-order valence-corrected chi connectivity index (χ2v) is 4.58. The first-order valence-corrected chi connectivity index (χ1v) is 6.23. The number of H-pyrrole nitrogens is 1. The third kappa shape index (κ3) is 2.42. The fourth-order valence-electron chi connectivity index (χ4n) is 2.19. The Hall–Kier alpha value is -2.37. The minimum atomic E-state index is -0.406. The van der Waals surface area contributed by atoms with E-state index < -0.39 is 6.04 Å². The topological polar surface area (TPSA) is 86.9 Å². The smallest absolute Gasteiger partial charge is 0.242 e. The van der Waals surface area contributed by atoms with Gasteiger partial charge in [0, 0.05) is 6.42 Å². The molecule has 1 saturated heterocycles. The van der Waals surface area contributed by atoms with Gasteiger partial charge in [-0.2, -0.15) is 0 Å². The van der Waals surface area contributed by atoms with Gasteiger partial charge in [0.2, 0.25) is 11.8 Å². The van der Waals surface area contributed by atoms with E-state index >= 15 is 0 Å². The molecule has 98 valence electrons. The number of rotatable bonds is 3. The van der Waals surface area contributed by atoms with Crippen molar-refractivity contribution in [3.05, 3.63) is 30.1 Å². The van der Waals surface area contributed by atoms with Crippen molar-refractivity contribution < 1.29 is 9.59 Å². The molecule has 1 aliphatic heterocycles. The summed E-state index contributed by atoms with van der Waals surface area (Å²) in [6.07, 6.45) is 0.980. The Balaban J connectivity index is 1.62. The highest BCUT2D eigenvalue weighted by Gasteiger charge is 2.26. The van der Waals surface area contributed by atoms with Crippen LogP contribution in [-0.2, 0) is 16.1 Å². The highest BCUT2D eigenvalue weighted by molar-refractivity contribution is 5.90. The monoisotopic (exact) mass is 258 g/mol. The third-order valence-electron chi connectivity index (χ3n) is 3.18. The second-order valence-electron chi connectivity index (χ2n) is 4.58. The number of hydrogen-bond acceptors (Lipinski definition) is 3. The van der Waals surface area contributed by atoms with Crippen LogP contribution in [0.5, 0.6) is 0 Å². The van der Waals surface area contributed by atoms with Crippen LogP contribution in [0, 0.1) is 0 Å². The van der Waals surface area contributed by atoms with Crippen molar-refractivity contribution >= 4 is 22.8 Å². The van der Waals surface area contributed by atoms with E-state index in [4.69, 9.17) is 0 Å². The van der Waals surface area contributed by atoms with E-state index in [1.165, 1.54) is 0 Å². The molecule has 1 aliphatic rings. The lowest BCUT2D eigenvalue weighted by atomic mass is 10.2. The number of benzene rings is 1. The number of aromatic amines is 1. The van der Waals surface area contributed by atoms with Crippen LogP contribution in [-0.4, -0.2) is 27.8 Å². The van der Waals surface area contributed by atoms with Crippen molar-refractivity contribution in [3.63, 3.8) is 0 Å². The van der Waals surface area contributed by atoms with Gasteiger partial charge >= 0.3 is 0 Å². The van der Waals surface area contributed by atoms with Crippen molar-refractivity contribution in [1.29, 1.82) is 0 Å². The van der Waals surface area contributed by atoms with Gasteiger partial charge in [-0.3, -0.25) is 9.59 Å². The molecular formula is C13H14N4O2. The standard InChI is InChI=1S/C13H14N4O2/c18-12-6-5-10(17-12)13(19)14-7-11-15-8-3-1-2-4-9(8)16-11/h1-4,10H,5-7H2,(H,14,19)(H,15,16)(H,17,18). The van der Waals surface area contributed by atoms with Crippen molar-refractivity contribution in [3.8, 4) is 0 Å². The Labute approximate surface area is 109 Å². The lowest BCUT2D eigenvalue weighted by Gasteiger charge is -2.09. The van der Waals surface area contributed by atoms with E-state index in [0.29, 0.717) is 25.2 Å². The van der Waals surface area contributed by atoms with Crippen LogP contribution in [0.15, 0.2) is 24.3 Å². The SMILES string of the molecule is O=C1CCC(C(=O)NCc2nc3ccccc3[nH]2)N1. The zero-order valence-corrected chi connectivity index (χ0v) is 10.3. The molecule has 1 aromatic heterocycles. The summed E-state index contributed by atoms with van der Waals surface area (Å²) in [5.41, 5.74) is 1.82. The quantitative estimate of drug-likeness (QED) is 0.747. The van der Waals surface area contributed by atoms with Gasteiger partial charge in [-0.15, -0.1) is 0 Å². The number of amides is 2. The molecule has 0 bridgehead atoms. The molecule has 6 heteroatoms. The fourth-order valence-corrected chi connectivity index (χ4v) is 2.19.